The molecule has 0 saturated heterocycles. The van der Waals surface area contributed by atoms with Gasteiger partial charge in [-0.15, -0.1) is 0 Å². The summed E-state index contributed by atoms with van der Waals surface area (Å²) in [6.07, 6.45) is 1.87. The number of hydrogen-bond donors (Lipinski definition) is 2. The van der Waals surface area contributed by atoms with Crippen molar-refractivity contribution in [1.29, 1.82) is 0 Å². The van der Waals surface area contributed by atoms with Gasteiger partial charge in [0.2, 0.25) is 10.0 Å². The lowest BCUT2D eigenvalue weighted by atomic mass is 10.2. The van der Waals surface area contributed by atoms with Crippen LogP contribution in [-0.2, 0) is 16.4 Å². The van der Waals surface area contributed by atoms with E-state index in [4.69, 9.17) is 5.73 Å². The summed E-state index contributed by atoms with van der Waals surface area (Å²) >= 11 is 0. The van der Waals surface area contributed by atoms with Crippen molar-refractivity contribution in [1.82, 2.24) is 4.98 Å². The normalized spacial score (nSPS) is 11.2. The lowest BCUT2D eigenvalue weighted by Gasteiger charge is -2.07. The molecule has 0 aliphatic carbocycles. The zero-order chi connectivity index (χ0) is 13.7. The molecule has 1 heterocycles. The van der Waals surface area contributed by atoms with Crippen LogP contribution in [0.15, 0.2) is 48.7 Å². The molecule has 100 valence electrons. The molecule has 0 aliphatic rings. The van der Waals surface area contributed by atoms with Crippen LogP contribution in [0.25, 0.3) is 0 Å². The Hall–Kier alpha value is -2.08. The molecule has 1 aromatic heterocycles. The van der Waals surface area contributed by atoms with Crippen molar-refractivity contribution < 1.29 is 8.42 Å². The van der Waals surface area contributed by atoms with Crippen LogP contribution < -0.4 is 10.5 Å². The minimum absolute atomic E-state index is 0.0292. The zero-order valence-corrected chi connectivity index (χ0v) is 11.1. The molecular formula is C13H15N3O2S. The zero-order valence-electron chi connectivity index (χ0n) is 10.3. The SMILES string of the molecule is Nc1ccc(NS(=O)(=O)CCc2ccccc2)cn1. The second-order valence-electron chi connectivity index (χ2n) is 4.13. The minimum Gasteiger partial charge on any atom is -0.384 e. The highest BCUT2D eigenvalue weighted by atomic mass is 32.2. The summed E-state index contributed by atoms with van der Waals surface area (Å²) in [5.74, 6) is 0.383. The highest BCUT2D eigenvalue weighted by molar-refractivity contribution is 7.92. The van der Waals surface area contributed by atoms with Gasteiger partial charge in [0.15, 0.2) is 0 Å². The van der Waals surface area contributed by atoms with Gasteiger partial charge in [0.25, 0.3) is 0 Å². The van der Waals surface area contributed by atoms with Crippen LogP contribution in [0.1, 0.15) is 5.56 Å². The number of nitrogens with one attached hydrogen (secondary N) is 1. The Morgan fingerprint density at radius 2 is 1.84 bits per heavy atom. The molecule has 0 unspecified atom stereocenters. The van der Waals surface area contributed by atoms with Crippen molar-refractivity contribution in [2.24, 2.45) is 0 Å². The maximum Gasteiger partial charge on any atom is 0.233 e. The number of pyridine rings is 1. The fourth-order valence-corrected chi connectivity index (χ4v) is 2.68. The summed E-state index contributed by atoms with van der Waals surface area (Å²) < 4.78 is 26.2. The summed E-state index contributed by atoms with van der Waals surface area (Å²) in [6, 6.07) is 12.6. The molecule has 1 aromatic carbocycles. The van der Waals surface area contributed by atoms with Gasteiger partial charge in [-0.2, -0.15) is 0 Å². The van der Waals surface area contributed by atoms with Crippen LogP contribution in [-0.4, -0.2) is 19.2 Å². The molecule has 6 heteroatoms. The van der Waals surface area contributed by atoms with E-state index in [9.17, 15) is 8.42 Å². The number of aromatic nitrogens is 1. The van der Waals surface area contributed by atoms with Gasteiger partial charge < -0.3 is 5.73 Å². The van der Waals surface area contributed by atoms with Crippen molar-refractivity contribution in [3.8, 4) is 0 Å². The summed E-state index contributed by atoms with van der Waals surface area (Å²) in [4.78, 5) is 3.83. The third kappa shape index (κ3) is 4.26. The maximum atomic E-state index is 11.9. The molecule has 19 heavy (non-hydrogen) atoms. The Bertz CT molecular complexity index is 625. The molecule has 3 N–H and O–H groups in total. The highest BCUT2D eigenvalue weighted by Gasteiger charge is 2.10. The van der Waals surface area contributed by atoms with Crippen LogP contribution in [0, 0.1) is 0 Å². The van der Waals surface area contributed by atoms with Gasteiger partial charge in [-0.3, -0.25) is 4.72 Å². The molecule has 0 fully saturated rings. The van der Waals surface area contributed by atoms with Gasteiger partial charge in [0.1, 0.15) is 5.82 Å². The predicted molar refractivity (Wildman–Crippen MR) is 76.2 cm³/mol. The molecule has 0 bridgehead atoms. The average molecular weight is 277 g/mol. The Labute approximate surface area is 112 Å². The Morgan fingerprint density at radius 3 is 2.47 bits per heavy atom. The number of benzene rings is 1. The van der Waals surface area contributed by atoms with E-state index in [1.165, 1.54) is 6.20 Å². The van der Waals surface area contributed by atoms with E-state index < -0.39 is 10.0 Å². The molecule has 0 saturated carbocycles. The molecule has 2 rings (SSSR count). The standard InChI is InChI=1S/C13H15N3O2S/c14-13-7-6-12(10-15-13)16-19(17,18)9-8-11-4-2-1-3-5-11/h1-7,10,16H,8-9H2,(H2,14,15). The van der Waals surface area contributed by atoms with Gasteiger partial charge in [-0.25, -0.2) is 13.4 Å². The molecule has 0 aliphatic heterocycles. The average Bonchev–Trinajstić information content (AvgIpc) is 2.40. The van der Waals surface area contributed by atoms with Crippen LogP contribution >= 0.6 is 0 Å². The van der Waals surface area contributed by atoms with Gasteiger partial charge >= 0.3 is 0 Å². The van der Waals surface area contributed by atoms with Gasteiger partial charge in [-0.05, 0) is 24.1 Å². The van der Waals surface area contributed by atoms with Crippen molar-refractivity contribution in [2.45, 2.75) is 6.42 Å². The third-order valence-electron chi connectivity index (χ3n) is 2.56. The van der Waals surface area contributed by atoms with E-state index in [-0.39, 0.29) is 5.75 Å². The number of aryl methyl sites for hydroxylation is 1. The summed E-state index contributed by atoms with van der Waals surface area (Å²) in [5, 5.41) is 0. The summed E-state index contributed by atoms with van der Waals surface area (Å²) in [6.45, 7) is 0. The molecule has 0 spiro atoms. The fraction of sp³-hybridized carbons (Fsp3) is 0.154. The van der Waals surface area contributed by atoms with Gasteiger partial charge in [-0.1, -0.05) is 30.3 Å². The first-order valence-corrected chi connectivity index (χ1v) is 7.46. The first-order valence-electron chi connectivity index (χ1n) is 5.81. The quantitative estimate of drug-likeness (QED) is 0.870. The highest BCUT2D eigenvalue weighted by Crippen LogP contribution is 2.10. The first kappa shape index (κ1) is 13.4. The monoisotopic (exact) mass is 277 g/mol. The minimum atomic E-state index is -3.38. The predicted octanol–water partition coefficient (Wildman–Crippen LogP) is 1.65. The Balaban J connectivity index is 1.97. The Kier molecular flexibility index (Phi) is 4.01. The van der Waals surface area contributed by atoms with Gasteiger partial charge in [0, 0.05) is 0 Å². The summed E-state index contributed by atoms with van der Waals surface area (Å²) in [5.41, 5.74) is 6.84. The number of anilines is 2. The first-order chi connectivity index (χ1) is 9.05. The lowest BCUT2D eigenvalue weighted by Crippen LogP contribution is -2.18. The van der Waals surface area contributed by atoms with E-state index in [1.807, 2.05) is 30.3 Å². The number of hydrogen-bond acceptors (Lipinski definition) is 4. The number of nitrogen functional groups attached to an aromatic ring is 1. The molecule has 0 atom stereocenters. The molecule has 0 radical (unpaired) electrons. The van der Waals surface area contributed by atoms with Crippen LogP contribution in [0.3, 0.4) is 0 Å². The second-order valence-corrected chi connectivity index (χ2v) is 5.97. The smallest absolute Gasteiger partial charge is 0.233 e. The Morgan fingerprint density at radius 1 is 1.11 bits per heavy atom. The maximum absolute atomic E-state index is 11.9. The molecule has 2 aromatic rings. The lowest BCUT2D eigenvalue weighted by molar-refractivity contribution is 0.600. The van der Waals surface area contributed by atoms with E-state index in [0.717, 1.165) is 5.56 Å². The van der Waals surface area contributed by atoms with Crippen molar-refractivity contribution in [3.63, 3.8) is 0 Å². The number of nitrogens with zero attached hydrogens (tertiary/aromatic N) is 1. The number of rotatable bonds is 5. The van der Waals surface area contributed by atoms with Crippen molar-refractivity contribution in [2.75, 3.05) is 16.2 Å². The second kappa shape index (κ2) is 5.71. The number of nitrogens with two attached hydrogens (primary N) is 1. The molecular weight excluding hydrogens is 262 g/mol. The summed E-state index contributed by atoms with van der Waals surface area (Å²) in [7, 11) is -3.38. The topological polar surface area (TPSA) is 85.1 Å². The number of sulfonamides is 1. The molecule has 5 nitrogen and oxygen atoms in total. The van der Waals surface area contributed by atoms with Gasteiger partial charge in [0.05, 0.1) is 17.6 Å². The van der Waals surface area contributed by atoms with Crippen LogP contribution in [0.4, 0.5) is 11.5 Å². The third-order valence-corrected chi connectivity index (χ3v) is 3.85. The largest absolute Gasteiger partial charge is 0.384 e. The molecule has 0 amide bonds. The van der Waals surface area contributed by atoms with E-state index >= 15 is 0 Å². The van der Waals surface area contributed by atoms with Crippen molar-refractivity contribution >= 4 is 21.5 Å². The fourth-order valence-electron chi connectivity index (χ4n) is 1.59. The van der Waals surface area contributed by atoms with E-state index in [1.54, 1.807) is 12.1 Å². The van der Waals surface area contributed by atoms with E-state index in [2.05, 4.69) is 9.71 Å². The van der Waals surface area contributed by atoms with Crippen LogP contribution in [0.2, 0.25) is 0 Å². The van der Waals surface area contributed by atoms with Crippen LogP contribution in [0.5, 0.6) is 0 Å². The van der Waals surface area contributed by atoms with E-state index in [0.29, 0.717) is 17.9 Å². The van der Waals surface area contributed by atoms with Crippen molar-refractivity contribution in [3.05, 3.63) is 54.2 Å².